The van der Waals surface area contributed by atoms with Gasteiger partial charge in [-0.05, 0) is 32.4 Å². The lowest BCUT2D eigenvalue weighted by molar-refractivity contribution is -0.385. The molecule has 0 saturated carbocycles. The van der Waals surface area contributed by atoms with Crippen LogP contribution < -0.4 is 14.8 Å². The molecule has 9 nitrogen and oxygen atoms in total. The van der Waals surface area contributed by atoms with Crippen molar-refractivity contribution >= 4 is 23.3 Å². The van der Waals surface area contributed by atoms with Gasteiger partial charge in [0.1, 0.15) is 5.56 Å². The fourth-order valence-corrected chi connectivity index (χ4v) is 2.64. The maximum absolute atomic E-state index is 12.4. The Hall–Kier alpha value is -3.62. The normalized spacial score (nSPS) is 10.2. The smallest absolute Gasteiger partial charge is 0.345 e. The molecule has 0 atom stereocenters. The van der Waals surface area contributed by atoms with Crippen molar-refractivity contribution in [3.05, 3.63) is 57.1 Å². The minimum Gasteiger partial charge on any atom is -0.493 e. The van der Waals surface area contributed by atoms with Gasteiger partial charge in [-0.2, -0.15) is 0 Å². The minimum atomic E-state index is -1.02. The molecule has 29 heavy (non-hydrogen) atoms. The van der Waals surface area contributed by atoms with Gasteiger partial charge >= 0.3 is 5.97 Å². The highest BCUT2D eigenvalue weighted by atomic mass is 16.6. The van der Waals surface area contributed by atoms with Gasteiger partial charge in [-0.1, -0.05) is 17.7 Å². The van der Waals surface area contributed by atoms with E-state index >= 15 is 0 Å². The van der Waals surface area contributed by atoms with Gasteiger partial charge in [0.25, 0.3) is 11.6 Å². The molecule has 0 aliphatic carbocycles. The minimum absolute atomic E-state index is 0.130. The number of carbonyl (C=O) groups excluding carboxylic acids is 2. The molecule has 0 saturated heterocycles. The number of methoxy groups -OCH3 is 1. The molecule has 0 unspecified atom stereocenters. The molecule has 0 fully saturated rings. The number of esters is 1. The molecule has 0 aromatic heterocycles. The van der Waals surface area contributed by atoms with Crippen molar-refractivity contribution in [2.45, 2.75) is 20.8 Å². The van der Waals surface area contributed by atoms with E-state index < -0.39 is 29.1 Å². The fraction of sp³-hybridized carbons (Fsp3) is 0.300. The Morgan fingerprint density at radius 2 is 1.86 bits per heavy atom. The van der Waals surface area contributed by atoms with Crippen molar-refractivity contribution in [2.75, 3.05) is 25.6 Å². The number of hydrogen-bond donors (Lipinski definition) is 1. The highest BCUT2D eigenvalue weighted by Gasteiger charge is 2.26. The molecule has 1 N–H and O–H groups in total. The maximum atomic E-state index is 12.4. The van der Waals surface area contributed by atoms with Gasteiger partial charge in [-0.15, -0.1) is 0 Å². The van der Waals surface area contributed by atoms with Gasteiger partial charge in [0.2, 0.25) is 0 Å². The van der Waals surface area contributed by atoms with Crippen LogP contribution in [0.2, 0.25) is 0 Å². The first kappa shape index (κ1) is 21.7. The Kier molecular flexibility index (Phi) is 7.13. The van der Waals surface area contributed by atoms with Crippen LogP contribution >= 0.6 is 0 Å². The summed E-state index contributed by atoms with van der Waals surface area (Å²) in [6.45, 7) is 5.14. The number of nitro benzene ring substituents is 1. The van der Waals surface area contributed by atoms with E-state index in [4.69, 9.17) is 14.2 Å². The van der Waals surface area contributed by atoms with E-state index in [1.54, 1.807) is 13.0 Å². The third kappa shape index (κ3) is 5.44. The van der Waals surface area contributed by atoms with Crippen LogP contribution in [0.15, 0.2) is 30.3 Å². The van der Waals surface area contributed by atoms with Crippen molar-refractivity contribution in [1.82, 2.24) is 0 Å². The molecule has 2 rings (SSSR count). The summed E-state index contributed by atoms with van der Waals surface area (Å²) in [5.41, 5.74) is 1.65. The van der Waals surface area contributed by atoms with E-state index in [0.717, 1.165) is 23.3 Å². The number of nitro groups is 1. The number of anilines is 1. The number of nitrogens with zero attached hydrogens (tertiary/aromatic N) is 1. The first-order valence-corrected chi connectivity index (χ1v) is 8.80. The topological polar surface area (TPSA) is 117 Å². The summed E-state index contributed by atoms with van der Waals surface area (Å²) >= 11 is 0. The molecule has 0 aliphatic heterocycles. The summed E-state index contributed by atoms with van der Waals surface area (Å²) in [6, 6.07) is 7.73. The number of ether oxygens (including phenoxy) is 3. The zero-order valence-corrected chi connectivity index (χ0v) is 16.6. The van der Waals surface area contributed by atoms with Crippen molar-refractivity contribution < 1.29 is 28.7 Å². The van der Waals surface area contributed by atoms with Gasteiger partial charge in [0.05, 0.1) is 24.7 Å². The van der Waals surface area contributed by atoms with E-state index in [1.165, 1.54) is 7.11 Å². The van der Waals surface area contributed by atoms with Crippen molar-refractivity contribution in [3.8, 4) is 11.5 Å². The maximum Gasteiger partial charge on any atom is 0.345 e. The summed E-state index contributed by atoms with van der Waals surface area (Å²) in [5.74, 6) is -1.31. The Morgan fingerprint density at radius 3 is 2.45 bits per heavy atom. The molecule has 1 amide bonds. The third-order valence-electron chi connectivity index (χ3n) is 3.99. The lowest BCUT2D eigenvalue weighted by Crippen LogP contribution is -2.21. The van der Waals surface area contributed by atoms with Gasteiger partial charge in [-0.25, -0.2) is 4.79 Å². The van der Waals surface area contributed by atoms with Gasteiger partial charge < -0.3 is 19.5 Å². The zero-order chi connectivity index (χ0) is 21.6. The second-order valence-electron chi connectivity index (χ2n) is 6.15. The number of amides is 1. The SMILES string of the molecule is CCOc1cc([N+](=O)[O-])c(C(=O)OCC(=O)Nc2ccc(C)cc2C)cc1OC. The molecule has 0 spiro atoms. The third-order valence-corrected chi connectivity index (χ3v) is 3.99. The largest absolute Gasteiger partial charge is 0.493 e. The van der Waals surface area contributed by atoms with Gasteiger partial charge in [0, 0.05) is 11.8 Å². The number of rotatable bonds is 8. The lowest BCUT2D eigenvalue weighted by Gasteiger charge is -2.12. The monoisotopic (exact) mass is 402 g/mol. The number of carbonyl (C=O) groups is 2. The van der Waals surface area contributed by atoms with E-state index in [0.29, 0.717) is 5.69 Å². The second kappa shape index (κ2) is 9.54. The van der Waals surface area contributed by atoms with E-state index in [9.17, 15) is 19.7 Å². The summed E-state index contributed by atoms with van der Waals surface area (Å²) in [7, 11) is 1.34. The van der Waals surface area contributed by atoms with Crippen LogP contribution in [-0.4, -0.2) is 37.1 Å². The Labute approximate surface area is 167 Å². The van der Waals surface area contributed by atoms with Crippen LogP contribution in [0.5, 0.6) is 11.5 Å². The second-order valence-corrected chi connectivity index (χ2v) is 6.15. The predicted molar refractivity (Wildman–Crippen MR) is 106 cm³/mol. The molecule has 0 heterocycles. The average molecular weight is 402 g/mol. The number of aryl methyl sites for hydroxylation is 2. The first-order chi connectivity index (χ1) is 13.8. The first-order valence-electron chi connectivity index (χ1n) is 8.80. The van der Waals surface area contributed by atoms with Crippen molar-refractivity contribution in [3.63, 3.8) is 0 Å². The highest BCUT2D eigenvalue weighted by molar-refractivity contribution is 5.98. The molecule has 0 aliphatic rings. The summed E-state index contributed by atoms with van der Waals surface area (Å²) in [4.78, 5) is 35.1. The van der Waals surface area contributed by atoms with Gasteiger partial charge in [0.15, 0.2) is 18.1 Å². The molecule has 154 valence electrons. The van der Waals surface area contributed by atoms with Crippen LogP contribution in [0, 0.1) is 24.0 Å². The van der Waals surface area contributed by atoms with Crippen LogP contribution in [0.25, 0.3) is 0 Å². The molecule has 2 aromatic rings. The quantitative estimate of drug-likeness (QED) is 0.408. The predicted octanol–water partition coefficient (Wildman–Crippen LogP) is 3.41. The zero-order valence-electron chi connectivity index (χ0n) is 16.6. The summed E-state index contributed by atoms with van der Waals surface area (Å²) in [5, 5.41) is 14.0. The molecular formula is C20H22N2O7. The number of hydrogen-bond acceptors (Lipinski definition) is 7. The van der Waals surface area contributed by atoms with Crippen LogP contribution in [0.4, 0.5) is 11.4 Å². The molecular weight excluding hydrogens is 380 g/mol. The Morgan fingerprint density at radius 1 is 1.14 bits per heavy atom. The van der Waals surface area contributed by atoms with Crippen molar-refractivity contribution in [1.29, 1.82) is 0 Å². The van der Waals surface area contributed by atoms with E-state index in [2.05, 4.69) is 5.32 Å². The molecule has 0 radical (unpaired) electrons. The van der Waals surface area contributed by atoms with Gasteiger partial charge in [-0.3, -0.25) is 14.9 Å². The summed E-state index contributed by atoms with van der Waals surface area (Å²) in [6.07, 6.45) is 0. The van der Waals surface area contributed by atoms with Crippen LogP contribution in [-0.2, 0) is 9.53 Å². The number of benzene rings is 2. The lowest BCUT2D eigenvalue weighted by atomic mass is 10.1. The van der Waals surface area contributed by atoms with Crippen molar-refractivity contribution in [2.24, 2.45) is 0 Å². The highest BCUT2D eigenvalue weighted by Crippen LogP contribution is 2.35. The average Bonchev–Trinajstić information content (AvgIpc) is 2.68. The standard InChI is InChI=1S/C20H22N2O7/c1-5-28-18-10-16(22(25)26)14(9-17(18)27-4)20(24)29-11-19(23)21-15-7-6-12(2)8-13(15)3/h6-10H,5,11H2,1-4H3,(H,21,23). The number of nitrogens with one attached hydrogen (secondary N) is 1. The molecule has 2 aromatic carbocycles. The fourth-order valence-electron chi connectivity index (χ4n) is 2.64. The Bertz CT molecular complexity index is 941. The van der Waals surface area contributed by atoms with E-state index in [-0.39, 0.29) is 23.7 Å². The van der Waals surface area contributed by atoms with Crippen LogP contribution in [0.1, 0.15) is 28.4 Å². The van der Waals surface area contributed by atoms with E-state index in [1.807, 2.05) is 26.0 Å². The molecule has 9 heteroatoms. The Balaban J connectivity index is 2.15. The summed E-state index contributed by atoms with van der Waals surface area (Å²) < 4.78 is 15.4. The van der Waals surface area contributed by atoms with Crippen LogP contribution in [0.3, 0.4) is 0 Å². The molecule has 0 bridgehead atoms.